The largest absolute Gasteiger partial charge is 0.381 e. The van der Waals surface area contributed by atoms with Gasteiger partial charge in [0, 0.05) is 23.0 Å². The molecule has 2 heterocycles. The summed E-state index contributed by atoms with van der Waals surface area (Å²) in [5.74, 6) is 0.732. The Balaban J connectivity index is 2.08. The van der Waals surface area contributed by atoms with Gasteiger partial charge in [0.1, 0.15) is 0 Å². The fraction of sp³-hybridized carbons (Fsp3) is 0.714. The van der Waals surface area contributed by atoms with Gasteiger partial charge in [-0.15, -0.1) is 11.3 Å². The first kappa shape index (κ1) is 13.6. The van der Waals surface area contributed by atoms with Crippen LogP contribution in [0.1, 0.15) is 48.2 Å². The molecule has 0 bridgehead atoms. The van der Waals surface area contributed by atoms with Crippen molar-refractivity contribution < 1.29 is 4.74 Å². The molecule has 1 aromatic rings. The second-order valence-electron chi connectivity index (χ2n) is 5.80. The van der Waals surface area contributed by atoms with Crippen LogP contribution in [0, 0.1) is 5.92 Å². The molecular weight excluding hydrogens is 296 g/mol. The number of alkyl halides is 1. The van der Waals surface area contributed by atoms with Crippen LogP contribution < -0.4 is 0 Å². The van der Waals surface area contributed by atoms with Crippen LogP contribution in [0.4, 0.5) is 0 Å². The molecule has 0 saturated carbocycles. The van der Waals surface area contributed by atoms with E-state index in [1.54, 1.807) is 0 Å². The zero-order valence-corrected chi connectivity index (χ0v) is 13.2. The molecule has 1 nitrogen and oxygen atoms in total. The third-order valence-corrected chi connectivity index (χ3v) is 6.46. The number of rotatable bonds is 2. The SMILES string of the molecule is CC(C)(C)c1ccc(C(Br)C2CCOCC2)s1. The number of thiophene rings is 1. The van der Waals surface area contributed by atoms with E-state index in [1.165, 1.54) is 22.6 Å². The maximum absolute atomic E-state index is 5.43. The quantitative estimate of drug-likeness (QED) is 0.704. The molecule has 1 saturated heterocycles. The molecule has 0 amide bonds. The minimum Gasteiger partial charge on any atom is -0.381 e. The van der Waals surface area contributed by atoms with E-state index in [2.05, 4.69) is 48.8 Å². The Labute approximate surface area is 117 Å². The average molecular weight is 317 g/mol. The van der Waals surface area contributed by atoms with Gasteiger partial charge in [-0.05, 0) is 36.3 Å². The Hall–Kier alpha value is 0.140. The van der Waals surface area contributed by atoms with Crippen molar-refractivity contribution in [2.24, 2.45) is 5.92 Å². The predicted molar refractivity (Wildman–Crippen MR) is 78.2 cm³/mol. The van der Waals surface area contributed by atoms with Crippen LogP contribution in [0.15, 0.2) is 12.1 Å². The fourth-order valence-corrected chi connectivity index (χ4v) is 4.24. The molecule has 96 valence electrons. The van der Waals surface area contributed by atoms with Gasteiger partial charge < -0.3 is 4.74 Å². The lowest BCUT2D eigenvalue weighted by molar-refractivity contribution is 0.0664. The van der Waals surface area contributed by atoms with Crippen molar-refractivity contribution in [2.75, 3.05) is 13.2 Å². The maximum atomic E-state index is 5.43. The van der Waals surface area contributed by atoms with Gasteiger partial charge in [-0.2, -0.15) is 0 Å². The highest BCUT2D eigenvalue weighted by Crippen LogP contribution is 2.42. The summed E-state index contributed by atoms with van der Waals surface area (Å²) in [6.07, 6.45) is 2.36. The van der Waals surface area contributed by atoms with Crippen LogP contribution in [-0.4, -0.2) is 13.2 Å². The van der Waals surface area contributed by atoms with Crippen LogP contribution in [0.2, 0.25) is 0 Å². The van der Waals surface area contributed by atoms with Crippen molar-refractivity contribution in [3.63, 3.8) is 0 Å². The molecule has 0 N–H and O–H groups in total. The van der Waals surface area contributed by atoms with Gasteiger partial charge in [0.15, 0.2) is 0 Å². The van der Waals surface area contributed by atoms with Crippen LogP contribution in [-0.2, 0) is 10.2 Å². The highest BCUT2D eigenvalue weighted by molar-refractivity contribution is 9.09. The fourth-order valence-electron chi connectivity index (χ4n) is 2.14. The van der Waals surface area contributed by atoms with Gasteiger partial charge in [0.05, 0.1) is 4.83 Å². The number of hydrogen-bond acceptors (Lipinski definition) is 2. The van der Waals surface area contributed by atoms with Gasteiger partial charge in [0.25, 0.3) is 0 Å². The molecule has 1 atom stereocenters. The highest BCUT2D eigenvalue weighted by atomic mass is 79.9. The molecule has 0 radical (unpaired) electrons. The topological polar surface area (TPSA) is 9.23 Å². The molecule has 0 aromatic carbocycles. The van der Waals surface area contributed by atoms with Gasteiger partial charge >= 0.3 is 0 Å². The van der Waals surface area contributed by atoms with Gasteiger partial charge in [0.2, 0.25) is 0 Å². The minimum absolute atomic E-state index is 0.269. The molecule has 17 heavy (non-hydrogen) atoms. The first-order chi connectivity index (χ1) is 7.98. The number of ether oxygens (including phenoxy) is 1. The zero-order valence-electron chi connectivity index (χ0n) is 10.8. The van der Waals surface area contributed by atoms with Crippen molar-refractivity contribution in [1.82, 2.24) is 0 Å². The van der Waals surface area contributed by atoms with E-state index in [-0.39, 0.29) is 5.41 Å². The smallest absolute Gasteiger partial charge is 0.0519 e. The monoisotopic (exact) mass is 316 g/mol. The molecule has 2 rings (SSSR count). The van der Waals surface area contributed by atoms with Crippen LogP contribution >= 0.6 is 27.3 Å². The summed E-state index contributed by atoms with van der Waals surface area (Å²) in [5.41, 5.74) is 0.269. The molecule has 1 aliphatic heterocycles. The van der Waals surface area contributed by atoms with Crippen molar-refractivity contribution in [2.45, 2.75) is 43.9 Å². The summed E-state index contributed by atoms with van der Waals surface area (Å²) in [5, 5.41) is 0. The Morgan fingerprint density at radius 3 is 2.47 bits per heavy atom. The molecule has 0 aliphatic carbocycles. The van der Waals surface area contributed by atoms with Crippen molar-refractivity contribution >= 4 is 27.3 Å². The van der Waals surface area contributed by atoms with E-state index in [9.17, 15) is 0 Å². The van der Waals surface area contributed by atoms with Crippen LogP contribution in [0.3, 0.4) is 0 Å². The normalized spacial score (nSPS) is 20.5. The van der Waals surface area contributed by atoms with E-state index in [0.717, 1.165) is 19.1 Å². The molecule has 1 aromatic heterocycles. The maximum Gasteiger partial charge on any atom is 0.0519 e. The summed E-state index contributed by atoms with van der Waals surface area (Å²) >= 11 is 5.84. The molecule has 1 aliphatic rings. The van der Waals surface area contributed by atoms with Crippen molar-refractivity contribution in [1.29, 1.82) is 0 Å². The van der Waals surface area contributed by atoms with E-state index in [4.69, 9.17) is 4.74 Å². The highest BCUT2D eigenvalue weighted by Gasteiger charge is 2.25. The molecule has 0 spiro atoms. The second kappa shape index (κ2) is 5.41. The molecule has 1 fully saturated rings. The second-order valence-corrected chi connectivity index (χ2v) is 7.91. The standard InChI is InChI=1S/C14H21BrOS/c1-14(2,3)12-5-4-11(17-12)13(15)10-6-8-16-9-7-10/h4-5,10,13H,6-9H2,1-3H3. The lowest BCUT2D eigenvalue weighted by Crippen LogP contribution is -2.18. The lowest BCUT2D eigenvalue weighted by Gasteiger charge is -2.26. The molecular formula is C14H21BrOS. The first-order valence-corrected chi connectivity index (χ1v) is 8.04. The Morgan fingerprint density at radius 1 is 1.29 bits per heavy atom. The molecule has 3 heteroatoms. The Kier molecular flexibility index (Phi) is 4.32. The Bertz CT molecular complexity index is 361. The summed E-state index contributed by atoms with van der Waals surface area (Å²) in [7, 11) is 0. The van der Waals surface area contributed by atoms with Gasteiger partial charge in [-0.1, -0.05) is 36.7 Å². The third kappa shape index (κ3) is 3.33. The summed E-state index contributed by atoms with van der Waals surface area (Å²) in [4.78, 5) is 3.46. The Morgan fingerprint density at radius 2 is 1.94 bits per heavy atom. The lowest BCUT2D eigenvalue weighted by atomic mass is 9.94. The van der Waals surface area contributed by atoms with Gasteiger partial charge in [-0.25, -0.2) is 0 Å². The number of halogens is 1. The first-order valence-electron chi connectivity index (χ1n) is 6.30. The summed E-state index contributed by atoms with van der Waals surface area (Å²) in [6.45, 7) is 8.68. The summed E-state index contributed by atoms with van der Waals surface area (Å²) < 4.78 is 5.43. The molecule has 1 unspecified atom stereocenters. The predicted octanol–water partition coefficient (Wildman–Crippen LogP) is 4.91. The van der Waals surface area contributed by atoms with E-state index in [1.807, 2.05) is 11.3 Å². The minimum atomic E-state index is 0.269. The van der Waals surface area contributed by atoms with E-state index in [0.29, 0.717) is 4.83 Å². The van der Waals surface area contributed by atoms with Crippen molar-refractivity contribution in [3.8, 4) is 0 Å². The van der Waals surface area contributed by atoms with E-state index >= 15 is 0 Å². The van der Waals surface area contributed by atoms with Crippen LogP contribution in [0.25, 0.3) is 0 Å². The average Bonchev–Trinajstić information content (AvgIpc) is 2.78. The van der Waals surface area contributed by atoms with E-state index < -0.39 is 0 Å². The van der Waals surface area contributed by atoms with Crippen LogP contribution in [0.5, 0.6) is 0 Å². The zero-order chi connectivity index (χ0) is 12.5. The summed E-state index contributed by atoms with van der Waals surface area (Å²) in [6, 6.07) is 4.58. The number of hydrogen-bond donors (Lipinski definition) is 0. The van der Waals surface area contributed by atoms with Gasteiger partial charge in [-0.3, -0.25) is 0 Å². The third-order valence-electron chi connectivity index (χ3n) is 3.32. The van der Waals surface area contributed by atoms with Crippen molar-refractivity contribution in [3.05, 3.63) is 21.9 Å².